The first-order chi connectivity index (χ1) is 8.28. The average molecular weight is 270 g/mol. The molecule has 3 N–H and O–H groups in total. The lowest BCUT2D eigenvalue weighted by Crippen LogP contribution is -2.50. The number of nitrogens with one attached hydrogen (secondary N) is 1. The Kier molecular flexibility index (Phi) is 5.01. The van der Waals surface area contributed by atoms with Crippen LogP contribution in [-0.4, -0.2) is 23.5 Å². The molecule has 0 rings (SSSR count). The summed E-state index contributed by atoms with van der Waals surface area (Å²) in [5.74, 6) is -3.56. The number of amides is 3. The van der Waals surface area contributed by atoms with Crippen molar-refractivity contribution in [3.8, 4) is 0 Å². The van der Waals surface area contributed by atoms with Gasteiger partial charge in [-0.2, -0.15) is 0 Å². The fourth-order valence-corrected chi connectivity index (χ4v) is 1.42. The number of ketones is 2. The molecule has 0 aromatic carbocycles. The third-order valence-corrected chi connectivity index (χ3v) is 2.51. The van der Waals surface area contributed by atoms with Gasteiger partial charge in [0.2, 0.25) is 5.91 Å². The average Bonchev–Trinajstić information content (AvgIpc) is 2.13. The van der Waals surface area contributed by atoms with Gasteiger partial charge in [-0.05, 0) is 0 Å². The molecule has 0 atom stereocenters. The monoisotopic (exact) mass is 270 g/mol. The third kappa shape index (κ3) is 4.81. The summed E-state index contributed by atoms with van der Waals surface area (Å²) >= 11 is 0. The van der Waals surface area contributed by atoms with Crippen molar-refractivity contribution in [2.24, 2.45) is 22.5 Å². The Hall–Kier alpha value is -1.72. The molecule has 0 heterocycles. The van der Waals surface area contributed by atoms with Crippen LogP contribution in [0.3, 0.4) is 0 Å². The molecule has 0 saturated carbocycles. The molecule has 0 bridgehead atoms. The predicted octanol–water partition coefficient (Wildman–Crippen LogP) is 1.03. The maximum atomic E-state index is 12.2. The van der Waals surface area contributed by atoms with Crippen molar-refractivity contribution in [2.45, 2.75) is 41.5 Å². The Morgan fingerprint density at radius 2 is 1.16 bits per heavy atom. The molecule has 0 saturated heterocycles. The molecule has 6 nitrogen and oxygen atoms in total. The first-order valence-electron chi connectivity index (χ1n) is 5.97. The highest BCUT2D eigenvalue weighted by Gasteiger charge is 2.43. The van der Waals surface area contributed by atoms with Gasteiger partial charge < -0.3 is 5.73 Å². The number of imide groups is 1. The van der Waals surface area contributed by atoms with Gasteiger partial charge in [0.05, 0.1) is 0 Å². The number of Topliss-reactive ketones (excluding diaryl/α,β-unsaturated/α-hetero) is 2. The summed E-state index contributed by atoms with van der Waals surface area (Å²) in [6.45, 7) is 9.64. The van der Waals surface area contributed by atoms with Crippen LogP contribution < -0.4 is 11.1 Å². The maximum absolute atomic E-state index is 12.2. The van der Waals surface area contributed by atoms with E-state index in [1.54, 1.807) is 41.5 Å². The molecule has 19 heavy (non-hydrogen) atoms. The Balaban J connectivity index is 5.52. The molecule has 0 aromatic heterocycles. The molecule has 0 radical (unpaired) electrons. The lowest BCUT2D eigenvalue weighted by atomic mass is 9.74. The zero-order chi connectivity index (χ0) is 15.6. The second-order valence-electron chi connectivity index (χ2n) is 6.52. The third-order valence-electron chi connectivity index (χ3n) is 2.51. The van der Waals surface area contributed by atoms with Crippen LogP contribution in [0.1, 0.15) is 41.5 Å². The van der Waals surface area contributed by atoms with Gasteiger partial charge in [0.1, 0.15) is 0 Å². The van der Waals surface area contributed by atoms with Crippen molar-refractivity contribution in [1.82, 2.24) is 5.32 Å². The Morgan fingerprint density at radius 1 is 0.842 bits per heavy atom. The van der Waals surface area contributed by atoms with Gasteiger partial charge in [0.15, 0.2) is 17.5 Å². The van der Waals surface area contributed by atoms with E-state index in [0.29, 0.717) is 0 Å². The Labute approximate surface area is 113 Å². The van der Waals surface area contributed by atoms with Gasteiger partial charge in [-0.15, -0.1) is 0 Å². The summed E-state index contributed by atoms with van der Waals surface area (Å²) in [7, 11) is 0. The molecule has 0 aliphatic heterocycles. The van der Waals surface area contributed by atoms with E-state index in [4.69, 9.17) is 5.73 Å². The minimum absolute atomic E-state index is 0.536. The predicted molar refractivity (Wildman–Crippen MR) is 70.1 cm³/mol. The fourth-order valence-electron chi connectivity index (χ4n) is 1.42. The van der Waals surface area contributed by atoms with Crippen molar-refractivity contribution in [1.29, 1.82) is 0 Å². The van der Waals surface area contributed by atoms with Crippen LogP contribution in [-0.2, 0) is 14.4 Å². The maximum Gasteiger partial charge on any atom is 0.318 e. The first-order valence-corrected chi connectivity index (χ1v) is 5.97. The zero-order valence-corrected chi connectivity index (χ0v) is 12.3. The highest BCUT2D eigenvalue weighted by molar-refractivity contribution is 6.22. The van der Waals surface area contributed by atoms with Crippen LogP contribution in [0, 0.1) is 16.7 Å². The van der Waals surface area contributed by atoms with Crippen LogP contribution in [0.25, 0.3) is 0 Å². The highest BCUT2D eigenvalue weighted by atomic mass is 16.2. The van der Waals surface area contributed by atoms with E-state index < -0.39 is 40.3 Å². The first kappa shape index (κ1) is 17.3. The van der Waals surface area contributed by atoms with Crippen molar-refractivity contribution in [3.63, 3.8) is 0 Å². The second-order valence-corrected chi connectivity index (χ2v) is 6.52. The lowest BCUT2D eigenvalue weighted by molar-refractivity contribution is -0.147. The van der Waals surface area contributed by atoms with Crippen molar-refractivity contribution < 1.29 is 19.2 Å². The number of urea groups is 1. The van der Waals surface area contributed by atoms with Crippen LogP contribution in [0.2, 0.25) is 0 Å². The standard InChI is InChI=1S/C13H22N2O4/c1-12(2,3)8(16)7(9(17)13(4,5)6)10(18)15-11(14)19/h7H,1-6H3,(H3,14,15,18,19). The topological polar surface area (TPSA) is 106 Å². The van der Waals surface area contributed by atoms with E-state index in [1.165, 1.54) is 0 Å². The summed E-state index contributed by atoms with van der Waals surface area (Å²) < 4.78 is 0. The van der Waals surface area contributed by atoms with Gasteiger partial charge in [0.25, 0.3) is 0 Å². The van der Waals surface area contributed by atoms with Crippen molar-refractivity contribution >= 4 is 23.5 Å². The molecular formula is C13H22N2O4. The quantitative estimate of drug-likeness (QED) is 0.747. The van der Waals surface area contributed by atoms with Crippen LogP contribution in [0.5, 0.6) is 0 Å². The van der Waals surface area contributed by atoms with E-state index in [-0.39, 0.29) is 0 Å². The van der Waals surface area contributed by atoms with Gasteiger partial charge in [-0.3, -0.25) is 19.7 Å². The number of hydrogen-bond acceptors (Lipinski definition) is 4. The van der Waals surface area contributed by atoms with Crippen molar-refractivity contribution in [3.05, 3.63) is 0 Å². The van der Waals surface area contributed by atoms with Crippen LogP contribution >= 0.6 is 0 Å². The SMILES string of the molecule is CC(C)(C)C(=O)C(C(=O)NC(N)=O)C(=O)C(C)(C)C. The number of primary amides is 1. The molecule has 108 valence electrons. The molecule has 0 aliphatic rings. The number of nitrogens with two attached hydrogens (primary N) is 1. The van der Waals surface area contributed by atoms with E-state index in [1.807, 2.05) is 5.32 Å². The number of carbonyl (C=O) groups is 4. The van der Waals surface area contributed by atoms with E-state index in [2.05, 4.69) is 0 Å². The van der Waals surface area contributed by atoms with Gasteiger partial charge in [-0.25, -0.2) is 4.79 Å². The number of rotatable bonds is 3. The van der Waals surface area contributed by atoms with E-state index >= 15 is 0 Å². The van der Waals surface area contributed by atoms with Crippen LogP contribution in [0.15, 0.2) is 0 Å². The fraction of sp³-hybridized carbons (Fsp3) is 0.692. The zero-order valence-electron chi connectivity index (χ0n) is 12.3. The second kappa shape index (κ2) is 5.50. The van der Waals surface area contributed by atoms with Gasteiger partial charge >= 0.3 is 6.03 Å². The largest absolute Gasteiger partial charge is 0.351 e. The molecule has 0 aliphatic carbocycles. The molecule has 0 fully saturated rings. The molecular weight excluding hydrogens is 248 g/mol. The minimum atomic E-state index is -1.52. The van der Waals surface area contributed by atoms with Crippen LogP contribution in [0.4, 0.5) is 4.79 Å². The van der Waals surface area contributed by atoms with Crippen molar-refractivity contribution in [2.75, 3.05) is 0 Å². The van der Waals surface area contributed by atoms with Gasteiger partial charge in [0, 0.05) is 10.8 Å². The molecule has 3 amide bonds. The summed E-state index contributed by atoms with van der Waals surface area (Å²) in [6, 6.07) is -1.08. The summed E-state index contributed by atoms with van der Waals surface area (Å²) in [6.07, 6.45) is 0. The van der Waals surface area contributed by atoms with E-state index in [9.17, 15) is 19.2 Å². The smallest absolute Gasteiger partial charge is 0.318 e. The molecule has 0 spiro atoms. The molecule has 0 aromatic rings. The van der Waals surface area contributed by atoms with E-state index in [0.717, 1.165) is 0 Å². The highest BCUT2D eigenvalue weighted by Crippen LogP contribution is 2.27. The summed E-state index contributed by atoms with van der Waals surface area (Å²) in [5, 5.41) is 1.81. The lowest BCUT2D eigenvalue weighted by Gasteiger charge is -2.27. The summed E-state index contributed by atoms with van der Waals surface area (Å²) in [5.41, 5.74) is 3.11. The Bertz CT molecular complexity index is 387. The number of hydrogen-bond donors (Lipinski definition) is 2. The van der Waals surface area contributed by atoms with Gasteiger partial charge in [-0.1, -0.05) is 41.5 Å². The number of carbonyl (C=O) groups excluding carboxylic acids is 4. The summed E-state index contributed by atoms with van der Waals surface area (Å²) in [4.78, 5) is 47.1. The Morgan fingerprint density at radius 3 is 1.37 bits per heavy atom. The normalized spacial score (nSPS) is 12.2. The minimum Gasteiger partial charge on any atom is -0.351 e. The molecule has 0 unspecified atom stereocenters. The molecule has 6 heteroatoms.